The third-order valence-corrected chi connectivity index (χ3v) is 4.41. The van der Waals surface area contributed by atoms with Crippen LogP contribution in [-0.2, 0) is 10.0 Å². The zero-order valence-corrected chi connectivity index (χ0v) is 13.7. The van der Waals surface area contributed by atoms with E-state index in [1.54, 1.807) is 6.92 Å². The highest BCUT2D eigenvalue weighted by molar-refractivity contribution is 6.31. The van der Waals surface area contributed by atoms with Crippen LogP contribution in [0.2, 0.25) is 5.04 Å². The Labute approximate surface area is 113 Å². The van der Waals surface area contributed by atoms with Gasteiger partial charge in [-0.05, 0) is 37.9 Å². The summed E-state index contributed by atoms with van der Waals surface area (Å²) >= 11 is 0. The van der Waals surface area contributed by atoms with Gasteiger partial charge in [-0.15, -0.1) is 0 Å². The second-order valence-electron chi connectivity index (χ2n) is 6.48. The van der Waals surface area contributed by atoms with Gasteiger partial charge in [-0.3, -0.25) is 4.98 Å². The van der Waals surface area contributed by atoms with Crippen molar-refractivity contribution in [1.82, 2.24) is 4.98 Å². The van der Waals surface area contributed by atoms with Gasteiger partial charge < -0.3 is 9.53 Å². The Hall–Kier alpha value is -0.713. The fraction of sp³-hybridized carbons (Fsp3) is 0.643. The van der Waals surface area contributed by atoms with Gasteiger partial charge in [0.15, 0.2) is 9.76 Å². The van der Waals surface area contributed by atoms with Crippen molar-refractivity contribution in [3.63, 3.8) is 0 Å². The molecule has 0 amide bonds. The molecule has 0 saturated carbocycles. The van der Waals surface area contributed by atoms with Crippen molar-refractivity contribution in [3.05, 3.63) is 29.6 Å². The van der Waals surface area contributed by atoms with E-state index in [4.69, 9.17) is 4.43 Å². The maximum absolute atomic E-state index is 9.58. The molecule has 0 fully saturated rings. The van der Waals surface area contributed by atoms with Gasteiger partial charge in [0.1, 0.15) is 0 Å². The maximum Gasteiger partial charge on any atom is 0.168 e. The summed E-state index contributed by atoms with van der Waals surface area (Å²) in [6.07, 6.45) is -0.541. The van der Waals surface area contributed by atoms with E-state index in [0.717, 1.165) is 5.69 Å². The van der Waals surface area contributed by atoms with E-state index in [0.29, 0.717) is 5.69 Å². The minimum Gasteiger partial charge on any atom is -0.413 e. The van der Waals surface area contributed by atoms with Crippen LogP contribution in [0.3, 0.4) is 0 Å². The molecule has 1 aromatic rings. The molecule has 0 radical (unpaired) electrons. The van der Waals surface area contributed by atoms with E-state index < -0.39 is 15.9 Å². The molecular weight excluding hydrogens is 242 g/mol. The molecule has 1 aromatic heterocycles. The van der Waals surface area contributed by atoms with Crippen molar-refractivity contribution < 1.29 is 9.53 Å². The molecule has 0 aliphatic carbocycles. The SMILES string of the molecule is CC(O)c1cccc(C(C)(C)O[SiH2]C(C)(C)C)n1. The maximum atomic E-state index is 9.58. The Morgan fingerprint density at radius 3 is 2.33 bits per heavy atom. The molecular formula is C14H25NO2Si. The molecule has 3 nitrogen and oxygen atoms in total. The van der Waals surface area contributed by atoms with Crippen molar-refractivity contribution in [2.75, 3.05) is 0 Å². The molecule has 1 N–H and O–H groups in total. The van der Waals surface area contributed by atoms with Crippen molar-refractivity contribution in [2.24, 2.45) is 0 Å². The zero-order valence-electron chi connectivity index (χ0n) is 12.3. The number of hydrogen-bond acceptors (Lipinski definition) is 3. The van der Waals surface area contributed by atoms with E-state index in [9.17, 15) is 5.11 Å². The summed E-state index contributed by atoms with van der Waals surface area (Å²) in [6.45, 7) is 12.4. The van der Waals surface area contributed by atoms with Crippen LogP contribution in [0.5, 0.6) is 0 Å². The highest BCUT2D eigenvalue weighted by Crippen LogP contribution is 2.28. The smallest absolute Gasteiger partial charge is 0.168 e. The minimum absolute atomic E-state index is 0.263. The van der Waals surface area contributed by atoms with Crippen LogP contribution in [0.1, 0.15) is 59.0 Å². The summed E-state index contributed by atoms with van der Waals surface area (Å²) in [5.74, 6) is 0. The first-order chi connectivity index (χ1) is 8.12. The van der Waals surface area contributed by atoms with Gasteiger partial charge in [-0.2, -0.15) is 0 Å². The van der Waals surface area contributed by atoms with Gasteiger partial charge in [0.05, 0.1) is 23.1 Å². The predicted octanol–water partition coefficient (Wildman–Crippen LogP) is 2.69. The van der Waals surface area contributed by atoms with Crippen LogP contribution >= 0.6 is 0 Å². The molecule has 1 heterocycles. The van der Waals surface area contributed by atoms with Crippen LogP contribution in [0.4, 0.5) is 0 Å². The second kappa shape index (κ2) is 5.51. The summed E-state index contributed by atoms with van der Waals surface area (Å²) in [5.41, 5.74) is 1.20. The van der Waals surface area contributed by atoms with Gasteiger partial charge in [-0.1, -0.05) is 26.8 Å². The third-order valence-electron chi connectivity index (χ3n) is 2.68. The zero-order chi connectivity index (χ0) is 14.0. The predicted molar refractivity (Wildman–Crippen MR) is 77.2 cm³/mol. The monoisotopic (exact) mass is 267 g/mol. The lowest BCUT2D eigenvalue weighted by Crippen LogP contribution is -2.28. The summed E-state index contributed by atoms with van der Waals surface area (Å²) in [7, 11) is -0.633. The molecule has 0 aliphatic rings. The standard InChI is InChI=1S/C14H25NO2Si/c1-10(16)11-8-7-9-12(15-11)14(5,6)17-18-13(2,3)4/h7-10,16H,18H2,1-6H3. The number of hydrogen-bond donors (Lipinski definition) is 1. The minimum atomic E-state index is -0.633. The molecule has 0 aliphatic heterocycles. The van der Waals surface area contributed by atoms with Crippen LogP contribution < -0.4 is 0 Å². The lowest BCUT2D eigenvalue weighted by Gasteiger charge is -2.30. The fourth-order valence-corrected chi connectivity index (χ4v) is 2.43. The molecule has 1 atom stereocenters. The third kappa shape index (κ3) is 4.52. The Kier molecular flexibility index (Phi) is 4.70. The van der Waals surface area contributed by atoms with Crippen molar-refractivity contribution >= 4 is 9.76 Å². The lowest BCUT2D eigenvalue weighted by atomic mass is 10.0. The largest absolute Gasteiger partial charge is 0.413 e. The fourth-order valence-electron chi connectivity index (χ4n) is 1.49. The molecule has 0 aromatic carbocycles. The van der Waals surface area contributed by atoms with E-state index in [1.165, 1.54) is 0 Å². The molecule has 1 unspecified atom stereocenters. The molecule has 0 bridgehead atoms. The first-order valence-electron chi connectivity index (χ1n) is 6.41. The molecule has 102 valence electrons. The Bertz CT molecular complexity index is 397. The van der Waals surface area contributed by atoms with Crippen molar-refractivity contribution in [3.8, 4) is 0 Å². The van der Waals surface area contributed by atoms with Gasteiger partial charge in [0, 0.05) is 0 Å². The first-order valence-corrected chi connectivity index (χ1v) is 7.70. The summed E-state index contributed by atoms with van der Waals surface area (Å²) < 4.78 is 6.11. The highest BCUT2D eigenvalue weighted by Gasteiger charge is 2.26. The number of aliphatic hydroxyl groups is 1. The molecule has 0 saturated heterocycles. The number of pyridine rings is 1. The Balaban J connectivity index is 2.87. The average molecular weight is 267 g/mol. The van der Waals surface area contributed by atoms with Gasteiger partial charge in [0.2, 0.25) is 0 Å². The summed E-state index contributed by atoms with van der Waals surface area (Å²) in [5, 5.41) is 9.84. The number of aromatic nitrogens is 1. The van der Waals surface area contributed by atoms with Gasteiger partial charge >= 0.3 is 0 Å². The summed E-state index contributed by atoms with van der Waals surface area (Å²) in [4.78, 5) is 4.49. The van der Waals surface area contributed by atoms with E-state index in [2.05, 4.69) is 25.8 Å². The van der Waals surface area contributed by atoms with Gasteiger partial charge in [0.25, 0.3) is 0 Å². The number of aliphatic hydroxyl groups excluding tert-OH is 1. The van der Waals surface area contributed by atoms with Crippen LogP contribution in [0.25, 0.3) is 0 Å². The quantitative estimate of drug-likeness (QED) is 0.853. The van der Waals surface area contributed by atoms with E-state index in [1.807, 2.05) is 32.0 Å². The highest BCUT2D eigenvalue weighted by atomic mass is 28.2. The Morgan fingerprint density at radius 1 is 1.22 bits per heavy atom. The van der Waals surface area contributed by atoms with Crippen LogP contribution in [-0.4, -0.2) is 19.9 Å². The van der Waals surface area contributed by atoms with Gasteiger partial charge in [-0.25, -0.2) is 0 Å². The first kappa shape index (κ1) is 15.3. The molecule has 18 heavy (non-hydrogen) atoms. The average Bonchev–Trinajstić information content (AvgIpc) is 2.26. The van der Waals surface area contributed by atoms with E-state index in [-0.39, 0.29) is 10.6 Å². The molecule has 4 heteroatoms. The van der Waals surface area contributed by atoms with E-state index >= 15 is 0 Å². The number of rotatable bonds is 4. The molecule has 0 spiro atoms. The normalized spacial score (nSPS) is 15.3. The van der Waals surface area contributed by atoms with Crippen molar-refractivity contribution in [1.29, 1.82) is 0 Å². The lowest BCUT2D eigenvalue weighted by molar-refractivity contribution is 0.103. The Morgan fingerprint density at radius 2 is 1.83 bits per heavy atom. The molecule has 1 rings (SSSR count). The van der Waals surface area contributed by atoms with Crippen LogP contribution in [0.15, 0.2) is 18.2 Å². The summed E-state index contributed by atoms with van der Waals surface area (Å²) in [6, 6.07) is 5.72. The second-order valence-corrected chi connectivity index (χ2v) is 9.18. The number of nitrogens with zero attached hydrogens (tertiary/aromatic N) is 1. The van der Waals surface area contributed by atoms with Crippen molar-refractivity contribution in [2.45, 2.75) is 58.3 Å². The van der Waals surface area contributed by atoms with Crippen LogP contribution in [0, 0.1) is 0 Å². The topological polar surface area (TPSA) is 42.4 Å².